The minimum Gasteiger partial charge on any atom is -0.492 e. The van der Waals surface area contributed by atoms with Crippen molar-refractivity contribution in [2.24, 2.45) is 0 Å². The molecule has 0 bridgehead atoms. The molecule has 0 aliphatic carbocycles. The number of carbonyl (C=O) groups is 1. The first-order valence-electron chi connectivity index (χ1n) is 10.0. The molecule has 0 saturated carbocycles. The molecule has 30 heavy (non-hydrogen) atoms. The van der Waals surface area contributed by atoms with Gasteiger partial charge in [-0.1, -0.05) is 37.6 Å². The average Bonchev–Trinajstić information content (AvgIpc) is 2.71. The number of rotatable bonds is 12. The van der Waals surface area contributed by atoms with Crippen LogP contribution >= 0.6 is 0 Å². The number of anilines is 1. The number of carbonyl (C=O) groups excluding carboxylic acids is 1. The minimum absolute atomic E-state index is 0.264. The van der Waals surface area contributed by atoms with E-state index in [4.69, 9.17) is 9.47 Å². The number of benzene rings is 2. The Bertz CT molecular complexity index is 913. The third kappa shape index (κ3) is 7.26. The van der Waals surface area contributed by atoms with Crippen molar-refractivity contribution in [2.75, 3.05) is 36.9 Å². The van der Waals surface area contributed by atoms with Crippen molar-refractivity contribution in [1.82, 2.24) is 5.32 Å². The van der Waals surface area contributed by atoms with Crippen molar-refractivity contribution in [3.05, 3.63) is 54.1 Å². The molecular weight excluding hydrogens is 404 g/mol. The SMILES string of the molecule is CCCc1ccc(OCCNC(=O)CN(c2ccccc2OCC)S(C)(=O)=O)cc1. The first kappa shape index (κ1) is 23.5. The zero-order chi connectivity index (χ0) is 22.0. The number of hydrogen-bond acceptors (Lipinski definition) is 5. The third-order valence-electron chi connectivity index (χ3n) is 4.28. The zero-order valence-electron chi connectivity index (χ0n) is 17.8. The van der Waals surface area contributed by atoms with E-state index in [0.29, 0.717) is 18.0 Å². The van der Waals surface area contributed by atoms with Crippen molar-refractivity contribution in [3.8, 4) is 11.5 Å². The summed E-state index contributed by atoms with van der Waals surface area (Å²) < 4.78 is 36.7. The number of sulfonamides is 1. The maximum absolute atomic E-state index is 12.4. The van der Waals surface area contributed by atoms with Crippen molar-refractivity contribution in [2.45, 2.75) is 26.7 Å². The fourth-order valence-electron chi connectivity index (χ4n) is 2.91. The lowest BCUT2D eigenvalue weighted by Gasteiger charge is -2.24. The molecule has 0 spiro atoms. The highest BCUT2D eigenvalue weighted by atomic mass is 32.2. The molecule has 0 atom stereocenters. The van der Waals surface area contributed by atoms with Gasteiger partial charge in [-0.2, -0.15) is 0 Å². The highest BCUT2D eigenvalue weighted by Crippen LogP contribution is 2.29. The number of aryl methyl sites for hydroxylation is 1. The molecule has 0 aliphatic heterocycles. The topological polar surface area (TPSA) is 84.9 Å². The first-order valence-corrected chi connectivity index (χ1v) is 11.9. The predicted octanol–water partition coefficient (Wildman–Crippen LogP) is 3.00. The number of nitrogens with one attached hydrogen (secondary N) is 1. The molecule has 7 nitrogen and oxygen atoms in total. The van der Waals surface area contributed by atoms with Gasteiger partial charge in [-0.15, -0.1) is 0 Å². The number of amides is 1. The van der Waals surface area contributed by atoms with Crippen LogP contribution in [0.2, 0.25) is 0 Å². The van der Waals surface area contributed by atoms with Gasteiger partial charge in [-0.25, -0.2) is 8.42 Å². The molecule has 1 amide bonds. The van der Waals surface area contributed by atoms with Gasteiger partial charge >= 0.3 is 0 Å². The molecule has 0 fully saturated rings. The van der Waals surface area contributed by atoms with E-state index in [0.717, 1.165) is 29.2 Å². The van der Waals surface area contributed by atoms with Gasteiger partial charge in [0.1, 0.15) is 24.7 Å². The maximum atomic E-state index is 12.4. The summed E-state index contributed by atoms with van der Waals surface area (Å²) in [4.78, 5) is 12.4. The van der Waals surface area contributed by atoms with E-state index >= 15 is 0 Å². The van der Waals surface area contributed by atoms with Crippen LogP contribution in [-0.2, 0) is 21.2 Å². The second kappa shape index (κ2) is 11.4. The van der Waals surface area contributed by atoms with Gasteiger partial charge < -0.3 is 14.8 Å². The van der Waals surface area contributed by atoms with E-state index in [1.807, 2.05) is 31.2 Å². The van der Waals surface area contributed by atoms with Crippen molar-refractivity contribution in [3.63, 3.8) is 0 Å². The fourth-order valence-corrected chi connectivity index (χ4v) is 3.77. The van der Waals surface area contributed by atoms with E-state index in [2.05, 4.69) is 12.2 Å². The summed E-state index contributed by atoms with van der Waals surface area (Å²) in [7, 11) is -3.68. The Balaban J connectivity index is 1.91. The van der Waals surface area contributed by atoms with Crippen LogP contribution in [0.4, 0.5) is 5.69 Å². The summed E-state index contributed by atoms with van der Waals surface area (Å²) in [6, 6.07) is 14.6. The summed E-state index contributed by atoms with van der Waals surface area (Å²) in [6.45, 7) is 4.54. The van der Waals surface area contributed by atoms with Crippen LogP contribution < -0.4 is 19.1 Å². The van der Waals surface area contributed by atoms with Gasteiger partial charge in [0.05, 0.1) is 25.1 Å². The number of para-hydroxylation sites is 2. The lowest BCUT2D eigenvalue weighted by Crippen LogP contribution is -2.41. The van der Waals surface area contributed by atoms with Crippen LogP contribution in [0, 0.1) is 0 Å². The van der Waals surface area contributed by atoms with E-state index in [9.17, 15) is 13.2 Å². The summed E-state index contributed by atoms with van der Waals surface area (Å²) in [6.07, 6.45) is 3.18. The van der Waals surface area contributed by atoms with Crippen molar-refractivity contribution >= 4 is 21.6 Å². The molecule has 0 heterocycles. The van der Waals surface area contributed by atoms with Crippen LogP contribution in [0.5, 0.6) is 11.5 Å². The van der Waals surface area contributed by atoms with Gasteiger partial charge in [0.2, 0.25) is 15.9 Å². The number of nitrogens with zero attached hydrogens (tertiary/aromatic N) is 1. The molecule has 0 aromatic heterocycles. The van der Waals surface area contributed by atoms with Crippen LogP contribution in [-0.4, -0.2) is 46.9 Å². The lowest BCUT2D eigenvalue weighted by atomic mass is 10.1. The normalized spacial score (nSPS) is 11.0. The molecule has 164 valence electrons. The van der Waals surface area contributed by atoms with E-state index in [-0.39, 0.29) is 19.7 Å². The quantitative estimate of drug-likeness (QED) is 0.519. The van der Waals surface area contributed by atoms with Gasteiger partial charge in [-0.3, -0.25) is 9.10 Å². The molecule has 8 heteroatoms. The molecular formula is C22H30N2O5S. The fraction of sp³-hybridized carbons (Fsp3) is 0.409. The Labute approximate surface area is 179 Å². The van der Waals surface area contributed by atoms with Gasteiger partial charge in [0.25, 0.3) is 0 Å². The molecule has 2 rings (SSSR count). The molecule has 0 aliphatic rings. The largest absolute Gasteiger partial charge is 0.492 e. The third-order valence-corrected chi connectivity index (χ3v) is 5.40. The average molecular weight is 435 g/mol. The van der Waals surface area contributed by atoms with Crippen LogP contribution in [0.15, 0.2) is 48.5 Å². The standard InChI is InChI=1S/C22H30N2O5S/c1-4-8-18-11-13-19(14-12-18)29-16-15-23-22(25)17-24(30(3,26)27)20-9-6-7-10-21(20)28-5-2/h6-7,9-14H,4-5,8,15-17H2,1-3H3,(H,23,25). The highest BCUT2D eigenvalue weighted by molar-refractivity contribution is 7.92. The molecule has 0 unspecified atom stereocenters. The molecule has 2 aromatic carbocycles. The van der Waals surface area contributed by atoms with Crippen molar-refractivity contribution in [1.29, 1.82) is 0 Å². The zero-order valence-corrected chi connectivity index (χ0v) is 18.6. The molecule has 0 radical (unpaired) electrons. The Morgan fingerprint density at radius 3 is 2.37 bits per heavy atom. The molecule has 1 N–H and O–H groups in total. The Morgan fingerprint density at radius 1 is 1.03 bits per heavy atom. The van der Waals surface area contributed by atoms with Gasteiger partial charge in [0, 0.05) is 0 Å². The summed E-state index contributed by atoms with van der Waals surface area (Å²) in [5, 5.41) is 2.70. The predicted molar refractivity (Wildman–Crippen MR) is 119 cm³/mol. The maximum Gasteiger partial charge on any atom is 0.240 e. The summed E-state index contributed by atoms with van der Waals surface area (Å²) in [5.41, 5.74) is 1.59. The second-order valence-corrected chi connectivity index (χ2v) is 8.67. The van der Waals surface area contributed by atoms with Crippen LogP contribution in [0.1, 0.15) is 25.8 Å². The van der Waals surface area contributed by atoms with E-state index in [1.165, 1.54) is 5.56 Å². The summed E-state index contributed by atoms with van der Waals surface area (Å²) in [5.74, 6) is 0.717. The second-order valence-electron chi connectivity index (χ2n) is 6.76. The molecule has 2 aromatic rings. The van der Waals surface area contributed by atoms with E-state index in [1.54, 1.807) is 24.3 Å². The smallest absolute Gasteiger partial charge is 0.240 e. The Hall–Kier alpha value is -2.74. The molecule has 0 saturated heterocycles. The first-order chi connectivity index (χ1) is 14.3. The monoisotopic (exact) mass is 434 g/mol. The lowest BCUT2D eigenvalue weighted by molar-refractivity contribution is -0.119. The minimum atomic E-state index is -3.68. The van der Waals surface area contributed by atoms with Gasteiger partial charge in [-0.05, 0) is 43.2 Å². The van der Waals surface area contributed by atoms with E-state index < -0.39 is 15.9 Å². The Kier molecular flexibility index (Phi) is 8.98. The summed E-state index contributed by atoms with van der Waals surface area (Å²) >= 11 is 0. The van der Waals surface area contributed by atoms with Crippen LogP contribution in [0.3, 0.4) is 0 Å². The highest BCUT2D eigenvalue weighted by Gasteiger charge is 2.23. The van der Waals surface area contributed by atoms with Gasteiger partial charge in [0.15, 0.2) is 0 Å². The Morgan fingerprint density at radius 2 is 1.73 bits per heavy atom. The number of ether oxygens (including phenoxy) is 2. The number of hydrogen-bond donors (Lipinski definition) is 1. The van der Waals surface area contributed by atoms with Crippen LogP contribution in [0.25, 0.3) is 0 Å². The van der Waals surface area contributed by atoms with Crippen molar-refractivity contribution < 1.29 is 22.7 Å².